The van der Waals surface area contributed by atoms with Crippen molar-refractivity contribution in [1.82, 2.24) is 25.1 Å². The van der Waals surface area contributed by atoms with Gasteiger partial charge in [-0.15, -0.1) is 0 Å². The van der Waals surface area contributed by atoms with E-state index in [0.29, 0.717) is 12.2 Å². The normalized spacial score (nSPS) is 15.0. The number of nitrogens with zero attached hydrogens (tertiary/aromatic N) is 5. The molecule has 0 radical (unpaired) electrons. The van der Waals surface area contributed by atoms with E-state index in [0.717, 1.165) is 72.1 Å². The summed E-state index contributed by atoms with van der Waals surface area (Å²) in [5, 5.41) is 8.15. The molecule has 8 nitrogen and oxygen atoms in total. The van der Waals surface area contributed by atoms with Gasteiger partial charge in [0.25, 0.3) is 0 Å². The number of piperazine rings is 1. The second-order valence-electron chi connectivity index (χ2n) is 7.82. The van der Waals surface area contributed by atoms with Gasteiger partial charge in [-0.1, -0.05) is 11.6 Å². The largest absolute Gasteiger partial charge is 0.462 e. The molecule has 1 fully saturated rings. The summed E-state index contributed by atoms with van der Waals surface area (Å²) >= 11 is 0. The lowest BCUT2D eigenvalue weighted by Crippen LogP contribution is -2.46. The molecule has 158 valence electrons. The number of esters is 1. The summed E-state index contributed by atoms with van der Waals surface area (Å²) in [6, 6.07) is 4.25. The molecule has 3 heterocycles. The Labute approximate surface area is 176 Å². The third-order valence-corrected chi connectivity index (χ3v) is 5.47. The molecule has 1 aromatic carbocycles. The summed E-state index contributed by atoms with van der Waals surface area (Å²) < 4.78 is 5.34. The zero-order valence-electron chi connectivity index (χ0n) is 18.0. The van der Waals surface area contributed by atoms with Crippen molar-refractivity contribution in [2.24, 2.45) is 0 Å². The Kier molecular flexibility index (Phi) is 5.67. The number of carbonyl (C=O) groups excluding carboxylic acids is 1. The van der Waals surface area contributed by atoms with Gasteiger partial charge >= 0.3 is 5.97 Å². The van der Waals surface area contributed by atoms with Crippen molar-refractivity contribution in [3.8, 4) is 0 Å². The first-order valence-electron chi connectivity index (χ1n) is 10.4. The van der Waals surface area contributed by atoms with Crippen LogP contribution in [0.2, 0.25) is 0 Å². The summed E-state index contributed by atoms with van der Waals surface area (Å²) in [7, 11) is 0. The topological polar surface area (TPSA) is 87.2 Å². The summed E-state index contributed by atoms with van der Waals surface area (Å²) in [6.07, 6.45) is 1.67. The molecule has 30 heavy (non-hydrogen) atoms. The summed E-state index contributed by atoms with van der Waals surface area (Å²) in [5.74, 6) is 1.32. The van der Waals surface area contributed by atoms with E-state index in [1.54, 1.807) is 6.20 Å². The maximum Gasteiger partial charge on any atom is 0.341 e. The fourth-order valence-electron chi connectivity index (χ4n) is 4.14. The number of aryl methyl sites for hydroxylation is 3. The third-order valence-electron chi connectivity index (χ3n) is 5.47. The lowest BCUT2D eigenvalue weighted by atomic mass is 10.0. The van der Waals surface area contributed by atoms with Crippen LogP contribution in [0.5, 0.6) is 0 Å². The van der Waals surface area contributed by atoms with E-state index in [-0.39, 0.29) is 5.97 Å². The molecule has 4 rings (SSSR count). The molecule has 0 saturated carbocycles. The molecular weight excluding hydrogens is 380 g/mol. The number of aromatic amines is 1. The summed E-state index contributed by atoms with van der Waals surface area (Å²) in [5.41, 5.74) is 4.66. The Bertz CT molecular complexity index is 1070. The van der Waals surface area contributed by atoms with Crippen LogP contribution in [0.4, 0.5) is 5.69 Å². The number of fused-ring (bicyclic) bond motifs is 1. The summed E-state index contributed by atoms with van der Waals surface area (Å²) in [4.78, 5) is 26.3. The average molecular weight is 409 g/mol. The van der Waals surface area contributed by atoms with E-state index in [2.05, 4.69) is 55.9 Å². The Morgan fingerprint density at radius 1 is 1.17 bits per heavy atom. The predicted molar refractivity (Wildman–Crippen MR) is 116 cm³/mol. The first-order chi connectivity index (χ1) is 14.5. The molecule has 0 spiro atoms. The number of aromatic nitrogens is 4. The second-order valence-corrected chi connectivity index (χ2v) is 7.82. The number of benzene rings is 1. The van der Waals surface area contributed by atoms with Gasteiger partial charge in [0.1, 0.15) is 11.4 Å². The average Bonchev–Trinajstić information content (AvgIpc) is 3.12. The molecule has 8 heteroatoms. The number of rotatable bonds is 5. The van der Waals surface area contributed by atoms with Gasteiger partial charge in [0.15, 0.2) is 5.82 Å². The van der Waals surface area contributed by atoms with E-state index < -0.39 is 0 Å². The molecule has 0 unspecified atom stereocenters. The molecule has 0 amide bonds. The fraction of sp³-hybridized carbons (Fsp3) is 0.455. The number of ether oxygens (including phenoxy) is 1. The van der Waals surface area contributed by atoms with Crippen molar-refractivity contribution in [3.63, 3.8) is 0 Å². The fourth-order valence-corrected chi connectivity index (χ4v) is 4.14. The Balaban J connectivity index is 1.65. The highest BCUT2D eigenvalue weighted by atomic mass is 16.5. The number of nitrogens with one attached hydrogen (secondary N) is 1. The number of hydrogen-bond acceptors (Lipinski definition) is 7. The number of hydrogen-bond donors (Lipinski definition) is 1. The van der Waals surface area contributed by atoms with Crippen LogP contribution in [-0.2, 0) is 11.3 Å². The van der Waals surface area contributed by atoms with Gasteiger partial charge in [0.2, 0.25) is 0 Å². The maximum atomic E-state index is 12.7. The van der Waals surface area contributed by atoms with E-state index in [4.69, 9.17) is 4.74 Å². The minimum absolute atomic E-state index is 0.320. The molecule has 3 aromatic rings. The van der Waals surface area contributed by atoms with Gasteiger partial charge < -0.3 is 9.64 Å². The second kappa shape index (κ2) is 8.39. The smallest absolute Gasteiger partial charge is 0.341 e. The van der Waals surface area contributed by atoms with Crippen LogP contribution < -0.4 is 4.90 Å². The van der Waals surface area contributed by atoms with E-state index >= 15 is 0 Å². The van der Waals surface area contributed by atoms with Crippen molar-refractivity contribution < 1.29 is 9.53 Å². The minimum Gasteiger partial charge on any atom is -0.462 e. The standard InChI is InChI=1S/C22H28N6O2/c1-5-30-22(29)18-12-23-20-15(3)10-14(2)11-17(20)21(18)28-8-6-27(7-9-28)13-19-24-16(4)25-26-19/h10-12H,5-9,13H2,1-4H3,(H,24,25,26). The molecule has 1 N–H and O–H groups in total. The SMILES string of the molecule is CCOC(=O)c1cnc2c(C)cc(C)cc2c1N1CCN(Cc2n[nH]c(C)n2)CC1. The molecule has 0 bridgehead atoms. The van der Waals surface area contributed by atoms with Crippen molar-refractivity contribution in [1.29, 1.82) is 0 Å². The number of carbonyl (C=O) groups is 1. The van der Waals surface area contributed by atoms with Crippen LogP contribution in [-0.4, -0.2) is 63.8 Å². The minimum atomic E-state index is -0.320. The first kappa shape index (κ1) is 20.3. The van der Waals surface area contributed by atoms with Gasteiger partial charge in [-0.25, -0.2) is 9.78 Å². The predicted octanol–water partition coefficient (Wildman–Crippen LogP) is 2.78. The Hall–Kier alpha value is -3.00. The lowest BCUT2D eigenvalue weighted by molar-refractivity contribution is 0.0526. The van der Waals surface area contributed by atoms with Crippen molar-refractivity contribution >= 4 is 22.6 Å². The highest BCUT2D eigenvalue weighted by Gasteiger charge is 2.26. The van der Waals surface area contributed by atoms with Crippen LogP contribution in [0.3, 0.4) is 0 Å². The van der Waals surface area contributed by atoms with Crippen molar-refractivity contribution in [2.75, 3.05) is 37.7 Å². The molecule has 0 atom stereocenters. The summed E-state index contributed by atoms with van der Waals surface area (Å²) in [6.45, 7) is 12.3. The van der Waals surface area contributed by atoms with Crippen LogP contribution >= 0.6 is 0 Å². The van der Waals surface area contributed by atoms with Crippen LogP contribution in [0.25, 0.3) is 10.9 Å². The van der Waals surface area contributed by atoms with Crippen LogP contribution in [0.1, 0.15) is 40.1 Å². The van der Waals surface area contributed by atoms with Crippen molar-refractivity contribution in [3.05, 3.63) is 46.7 Å². The molecule has 1 aliphatic rings. The van der Waals surface area contributed by atoms with Crippen molar-refractivity contribution in [2.45, 2.75) is 34.2 Å². The zero-order chi connectivity index (χ0) is 21.3. The van der Waals surface area contributed by atoms with Gasteiger partial charge in [0, 0.05) is 37.8 Å². The van der Waals surface area contributed by atoms with E-state index in [1.165, 1.54) is 0 Å². The molecule has 1 saturated heterocycles. The van der Waals surface area contributed by atoms with Gasteiger partial charge in [0.05, 0.1) is 24.4 Å². The Morgan fingerprint density at radius 3 is 2.60 bits per heavy atom. The number of anilines is 1. The third kappa shape index (κ3) is 4.00. The molecule has 1 aliphatic heterocycles. The molecule has 0 aliphatic carbocycles. The Morgan fingerprint density at radius 2 is 1.93 bits per heavy atom. The molecular formula is C22H28N6O2. The zero-order valence-corrected chi connectivity index (χ0v) is 18.0. The number of H-pyrrole nitrogens is 1. The first-order valence-corrected chi connectivity index (χ1v) is 10.4. The lowest BCUT2D eigenvalue weighted by Gasteiger charge is -2.36. The maximum absolute atomic E-state index is 12.7. The molecule has 2 aromatic heterocycles. The van der Waals surface area contributed by atoms with Gasteiger partial charge in [-0.3, -0.25) is 15.0 Å². The van der Waals surface area contributed by atoms with Gasteiger partial charge in [-0.2, -0.15) is 5.10 Å². The van der Waals surface area contributed by atoms with Gasteiger partial charge in [-0.05, 0) is 39.3 Å². The number of pyridine rings is 1. The van der Waals surface area contributed by atoms with E-state index in [9.17, 15) is 4.79 Å². The quantitative estimate of drug-likeness (QED) is 0.650. The van der Waals surface area contributed by atoms with Crippen LogP contribution in [0.15, 0.2) is 18.3 Å². The van der Waals surface area contributed by atoms with E-state index in [1.807, 2.05) is 13.8 Å². The highest BCUT2D eigenvalue weighted by molar-refractivity contribution is 6.06. The highest BCUT2D eigenvalue weighted by Crippen LogP contribution is 2.33. The van der Waals surface area contributed by atoms with Crippen LogP contribution in [0, 0.1) is 20.8 Å². The monoisotopic (exact) mass is 408 g/mol.